The highest BCUT2D eigenvalue weighted by atomic mass is 14.1. The maximum absolute atomic E-state index is 4.21. The molecule has 0 saturated carbocycles. The van der Waals surface area contributed by atoms with Crippen molar-refractivity contribution >= 4 is 5.57 Å². The summed E-state index contributed by atoms with van der Waals surface area (Å²) in [6.45, 7) is 8.48. The molecular formula is C17H18. The highest BCUT2D eigenvalue weighted by Gasteiger charge is 2.03. The van der Waals surface area contributed by atoms with E-state index in [-0.39, 0.29) is 0 Å². The molecule has 17 heavy (non-hydrogen) atoms. The summed E-state index contributed by atoms with van der Waals surface area (Å²) in [4.78, 5) is 0. The van der Waals surface area contributed by atoms with Crippen molar-refractivity contribution in [1.29, 1.82) is 0 Å². The quantitative estimate of drug-likeness (QED) is 0.714. The normalized spacial score (nSPS) is 10.2. The predicted molar refractivity (Wildman–Crippen MR) is 75.1 cm³/mol. The predicted octanol–water partition coefficient (Wildman–Crippen LogP) is 4.56. The third-order valence-corrected chi connectivity index (χ3v) is 3.02. The Morgan fingerprint density at radius 2 is 1.71 bits per heavy atom. The second kappa shape index (κ2) is 5.01. The molecule has 0 radical (unpaired) electrons. The number of hydrogen-bond acceptors (Lipinski definition) is 0. The minimum absolute atomic E-state index is 0.921. The zero-order valence-electron chi connectivity index (χ0n) is 10.5. The van der Waals surface area contributed by atoms with Gasteiger partial charge in [-0.2, -0.15) is 0 Å². The Hall–Kier alpha value is -1.82. The summed E-state index contributed by atoms with van der Waals surface area (Å²) in [7, 11) is 0. The minimum atomic E-state index is 0.921. The molecule has 2 aromatic rings. The highest BCUT2D eigenvalue weighted by molar-refractivity contribution is 5.68. The molecule has 0 heterocycles. The van der Waals surface area contributed by atoms with Crippen LogP contribution in [0.15, 0.2) is 55.1 Å². The van der Waals surface area contributed by atoms with Crippen molar-refractivity contribution in [3.63, 3.8) is 0 Å². The average Bonchev–Trinajstić information content (AvgIpc) is 2.30. The van der Waals surface area contributed by atoms with E-state index in [0.29, 0.717) is 0 Å². The van der Waals surface area contributed by atoms with Gasteiger partial charge in [0.05, 0.1) is 0 Å². The second-order valence-corrected chi connectivity index (χ2v) is 4.58. The van der Waals surface area contributed by atoms with Crippen molar-refractivity contribution in [2.24, 2.45) is 0 Å². The van der Waals surface area contributed by atoms with Gasteiger partial charge in [0.1, 0.15) is 0 Å². The Labute approximate surface area is 104 Å². The summed E-state index contributed by atoms with van der Waals surface area (Å²) in [5, 5.41) is 0. The van der Waals surface area contributed by atoms with E-state index in [9.17, 15) is 0 Å². The Kier molecular flexibility index (Phi) is 3.43. The van der Waals surface area contributed by atoms with Gasteiger partial charge in [0.25, 0.3) is 0 Å². The molecule has 0 aliphatic heterocycles. The van der Waals surface area contributed by atoms with Crippen molar-refractivity contribution in [3.8, 4) is 0 Å². The van der Waals surface area contributed by atoms with Gasteiger partial charge in [0.2, 0.25) is 0 Å². The molecule has 0 bridgehead atoms. The van der Waals surface area contributed by atoms with Crippen LogP contribution in [0.2, 0.25) is 0 Å². The smallest absolute Gasteiger partial charge is 0.00256 e. The zero-order valence-corrected chi connectivity index (χ0v) is 10.5. The van der Waals surface area contributed by atoms with Gasteiger partial charge >= 0.3 is 0 Å². The molecule has 0 aromatic heterocycles. The summed E-state index contributed by atoms with van der Waals surface area (Å²) in [6, 6.07) is 17.0. The van der Waals surface area contributed by atoms with Crippen LogP contribution in [0.4, 0.5) is 0 Å². The standard InChI is InChI=1S/C17H18/c1-13-9-10-17(14(2)11-13)15(3)12-16-7-5-4-6-8-16/h4-11H,3,12H2,1-2H3. The molecule has 0 aliphatic carbocycles. The fraction of sp³-hybridized carbons (Fsp3) is 0.176. The lowest BCUT2D eigenvalue weighted by Crippen LogP contribution is -1.92. The molecule has 0 spiro atoms. The lowest BCUT2D eigenvalue weighted by molar-refractivity contribution is 1.26. The summed E-state index contributed by atoms with van der Waals surface area (Å²) in [5.41, 5.74) is 6.40. The first-order valence-electron chi connectivity index (χ1n) is 5.96. The van der Waals surface area contributed by atoms with Gasteiger partial charge in [-0.3, -0.25) is 0 Å². The van der Waals surface area contributed by atoms with Crippen LogP contribution >= 0.6 is 0 Å². The third-order valence-electron chi connectivity index (χ3n) is 3.02. The minimum Gasteiger partial charge on any atom is -0.0949 e. The first-order valence-corrected chi connectivity index (χ1v) is 5.96. The van der Waals surface area contributed by atoms with Crippen LogP contribution in [0, 0.1) is 13.8 Å². The summed E-state index contributed by atoms with van der Waals surface area (Å²) >= 11 is 0. The van der Waals surface area contributed by atoms with Gasteiger partial charge in [-0.15, -0.1) is 0 Å². The molecule has 0 amide bonds. The van der Waals surface area contributed by atoms with Crippen molar-refractivity contribution in [1.82, 2.24) is 0 Å². The SMILES string of the molecule is C=C(Cc1ccccc1)c1ccc(C)cc1C. The van der Waals surface area contributed by atoms with Gasteiger partial charge in [0.15, 0.2) is 0 Å². The maximum Gasteiger partial charge on any atom is -0.00256 e. The van der Waals surface area contributed by atoms with E-state index in [1.807, 2.05) is 6.07 Å². The molecule has 2 rings (SSSR count). The van der Waals surface area contributed by atoms with E-state index in [0.717, 1.165) is 6.42 Å². The van der Waals surface area contributed by atoms with Gasteiger partial charge in [-0.05, 0) is 42.5 Å². The van der Waals surface area contributed by atoms with E-state index in [4.69, 9.17) is 0 Å². The Balaban J connectivity index is 2.21. The van der Waals surface area contributed by atoms with E-state index in [1.54, 1.807) is 0 Å². The first-order chi connectivity index (χ1) is 8.16. The highest BCUT2D eigenvalue weighted by Crippen LogP contribution is 2.22. The number of allylic oxidation sites excluding steroid dienone is 1. The summed E-state index contributed by atoms with van der Waals surface area (Å²) < 4.78 is 0. The summed E-state index contributed by atoms with van der Waals surface area (Å²) in [6.07, 6.45) is 0.921. The molecule has 2 aromatic carbocycles. The largest absolute Gasteiger partial charge is 0.0949 e. The average molecular weight is 222 g/mol. The zero-order chi connectivity index (χ0) is 12.3. The van der Waals surface area contributed by atoms with Crippen molar-refractivity contribution < 1.29 is 0 Å². The maximum atomic E-state index is 4.21. The van der Waals surface area contributed by atoms with Gasteiger partial charge in [-0.1, -0.05) is 60.7 Å². The van der Waals surface area contributed by atoms with E-state index in [1.165, 1.54) is 27.8 Å². The molecule has 86 valence electrons. The number of rotatable bonds is 3. The van der Waals surface area contributed by atoms with Gasteiger partial charge < -0.3 is 0 Å². The summed E-state index contributed by atoms with van der Waals surface area (Å²) in [5.74, 6) is 0. The lowest BCUT2D eigenvalue weighted by atomic mass is 9.95. The molecule has 0 atom stereocenters. The van der Waals surface area contributed by atoms with Crippen LogP contribution in [0.1, 0.15) is 22.3 Å². The first kappa shape index (κ1) is 11.7. The van der Waals surface area contributed by atoms with Crippen LogP contribution in [-0.2, 0) is 6.42 Å². The van der Waals surface area contributed by atoms with Crippen molar-refractivity contribution in [2.75, 3.05) is 0 Å². The molecule has 0 fully saturated rings. The topological polar surface area (TPSA) is 0 Å². The Bertz CT molecular complexity index is 521. The number of benzene rings is 2. The molecule has 0 heteroatoms. The Morgan fingerprint density at radius 1 is 1.00 bits per heavy atom. The Morgan fingerprint density at radius 3 is 2.35 bits per heavy atom. The molecule has 0 nitrogen and oxygen atoms in total. The van der Waals surface area contributed by atoms with Crippen LogP contribution in [-0.4, -0.2) is 0 Å². The van der Waals surface area contributed by atoms with E-state index in [2.05, 4.69) is 62.9 Å². The van der Waals surface area contributed by atoms with Crippen LogP contribution in [0.5, 0.6) is 0 Å². The fourth-order valence-corrected chi connectivity index (χ4v) is 2.15. The monoisotopic (exact) mass is 222 g/mol. The number of aryl methyl sites for hydroxylation is 2. The molecule has 0 aliphatic rings. The van der Waals surface area contributed by atoms with E-state index < -0.39 is 0 Å². The van der Waals surface area contributed by atoms with Crippen molar-refractivity contribution in [2.45, 2.75) is 20.3 Å². The molecule has 0 saturated heterocycles. The third kappa shape index (κ3) is 2.85. The number of hydrogen-bond donors (Lipinski definition) is 0. The van der Waals surface area contributed by atoms with Gasteiger partial charge in [-0.25, -0.2) is 0 Å². The van der Waals surface area contributed by atoms with Crippen LogP contribution in [0.3, 0.4) is 0 Å². The van der Waals surface area contributed by atoms with Crippen molar-refractivity contribution in [3.05, 3.63) is 77.4 Å². The van der Waals surface area contributed by atoms with Crippen LogP contribution in [0.25, 0.3) is 5.57 Å². The van der Waals surface area contributed by atoms with E-state index >= 15 is 0 Å². The van der Waals surface area contributed by atoms with Gasteiger partial charge in [0, 0.05) is 0 Å². The molecular weight excluding hydrogens is 204 g/mol. The fourth-order valence-electron chi connectivity index (χ4n) is 2.15. The molecule has 0 N–H and O–H groups in total. The van der Waals surface area contributed by atoms with Crippen LogP contribution < -0.4 is 0 Å². The molecule has 0 unspecified atom stereocenters. The lowest BCUT2D eigenvalue weighted by Gasteiger charge is -2.10. The second-order valence-electron chi connectivity index (χ2n) is 4.58.